The number of hydrogen-bond acceptors (Lipinski definition) is 6. The minimum atomic E-state index is 0.260. The van der Waals surface area contributed by atoms with Crippen LogP contribution < -0.4 is 0 Å². The van der Waals surface area contributed by atoms with Gasteiger partial charge in [-0.3, -0.25) is 0 Å². The summed E-state index contributed by atoms with van der Waals surface area (Å²) in [5.74, 6) is 0.260. The largest absolute Gasteiger partial charge is 0.307 e. The molecule has 71 heavy (non-hydrogen) atoms. The molecule has 0 atom stereocenters. The monoisotopic (exact) mass is 903 g/mol. The summed E-state index contributed by atoms with van der Waals surface area (Å²) in [7, 11) is 0. The third-order valence-corrected chi connectivity index (χ3v) is 13.5. The fraction of sp³-hybridized carbons (Fsp3) is 0. The highest BCUT2D eigenvalue weighted by molar-refractivity contribution is 6.14. The summed E-state index contributed by atoms with van der Waals surface area (Å²) >= 11 is 0. The van der Waals surface area contributed by atoms with Crippen molar-refractivity contribution in [2.45, 2.75) is 0 Å². The maximum absolute atomic E-state index is 10.1. The van der Waals surface area contributed by atoms with Crippen molar-refractivity contribution >= 4 is 65.4 Å². The van der Waals surface area contributed by atoms with Crippen molar-refractivity contribution in [2.24, 2.45) is 0 Å². The summed E-state index contributed by atoms with van der Waals surface area (Å²) in [6.45, 7) is 0. The Labute approximate surface area is 406 Å². The third kappa shape index (κ3) is 6.37. The van der Waals surface area contributed by atoms with Crippen molar-refractivity contribution in [2.75, 3.05) is 0 Å². The van der Waals surface area contributed by atoms with E-state index in [0.29, 0.717) is 33.6 Å². The molecule has 0 radical (unpaired) electrons. The third-order valence-electron chi connectivity index (χ3n) is 13.5. The number of nitriles is 4. The Bertz CT molecular complexity index is 4140. The summed E-state index contributed by atoms with van der Waals surface area (Å²) in [6.07, 6.45) is 0. The van der Waals surface area contributed by atoms with Gasteiger partial charge in [-0.15, -0.1) is 0 Å². The lowest BCUT2D eigenvalue weighted by Crippen LogP contribution is -2.10. The van der Waals surface area contributed by atoms with E-state index in [2.05, 4.69) is 196 Å². The predicted octanol–water partition coefficient (Wildman–Crippen LogP) is 14.3. The van der Waals surface area contributed by atoms with Gasteiger partial charge in [0.1, 0.15) is 0 Å². The molecule has 0 saturated heterocycles. The van der Waals surface area contributed by atoms with Gasteiger partial charge in [0.05, 0.1) is 108 Å². The normalized spacial score (nSPS) is 11.3. The predicted molar refractivity (Wildman–Crippen MR) is 280 cm³/mol. The van der Waals surface area contributed by atoms with E-state index in [0.717, 1.165) is 88.0 Å². The van der Waals surface area contributed by atoms with Crippen LogP contribution in [-0.2, 0) is 0 Å². The zero-order valence-electron chi connectivity index (χ0n) is 37.6. The standard InChI is InChI=1S/C62H33N9/c63-34-38-25-39(35-64)28-42(27-38)51-33-52(68-62(67-51)44-29-40(36-65)26-41(30-44)37-66)43-31-59(69-53-19-7-1-13-45(53)46-14-2-8-20-54(46)69)61(71-57-23-11-5-17-49(57)50-18-6-12-24-58(50)71)60(32-43)70-55-21-9-3-15-47(55)48-16-4-10-22-56(48)70/h1-33H. The molecule has 9 aromatic carbocycles. The molecule has 0 bridgehead atoms. The fourth-order valence-corrected chi connectivity index (χ4v) is 10.5. The minimum absolute atomic E-state index is 0.260. The van der Waals surface area contributed by atoms with Gasteiger partial charge < -0.3 is 13.7 Å². The molecule has 4 aromatic heterocycles. The topological polar surface area (TPSA) is 136 Å². The van der Waals surface area contributed by atoms with Crippen molar-refractivity contribution < 1.29 is 0 Å². The molecular formula is C62H33N9. The molecule has 0 aliphatic carbocycles. The molecule has 326 valence electrons. The van der Waals surface area contributed by atoms with Gasteiger partial charge in [-0.1, -0.05) is 109 Å². The van der Waals surface area contributed by atoms with Gasteiger partial charge in [0.2, 0.25) is 0 Å². The van der Waals surface area contributed by atoms with Gasteiger partial charge >= 0.3 is 0 Å². The minimum Gasteiger partial charge on any atom is -0.307 e. The summed E-state index contributed by atoms with van der Waals surface area (Å²) in [6, 6.07) is 76.0. The molecule has 0 N–H and O–H groups in total. The lowest BCUT2D eigenvalue weighted by atomic mass is 10.0. The number of hydrogen-bond donors (Lipinski definition) is 0. The molecule has 0 aliphatic rings. The van der Waals surface area contributed by atoms with Crippen LogP contribution in [-0.4, -0.2) is 23.7 Å². The quantitative estimate of drug-likeness (QED) is 0.163. The van der Waals surface area contributed by atoms with Gasteiger partial charge in [-0.2, -0.15) is 21.0 Å². The van der Waals surface area contributed by atoms with Crippen LogP contribution >= 0.6 is 0 Å². The van der Waals surface area contributed by atoms with Crippen LogP contribution in [0.1, 0.15) is 22.3 Å². The van der Waals surface area contributed by atoms with Gasteiger partial charge in [0.25, 0.3) is 0 Å². The van der Waals surface area contributed by atoms with Crippen LogP contribution in [0.2, 0.25) is 0 Å². The molecule has 9 nitrogen and oxygen atoms in total. The zero-order chi connectivity index (χ0) is 47.7. The second-order valence-electron chi connectivity index (χ2n) is 17.5. The average Bonchev–Trinajstić information content (AvgIpc) is 4.08. The SMILES string of the molecule is N#Cc1cc(C#N)cc(-c2cc(-c3cc(-n4c5ccccc5c5ccccc54)c(-n4c5ccccc5c5ccccc54)c(-n4c5ccccc5c5ccccc54)c3)nc(-c3cc(C#N)cc(C#N)c3)n2)c1. The van der Waals surface area contributed by atoms with Crippen molar-refractivity contribution in [1.82, 2.24) is 23.7 Å². The molecule has 0 spiro atoms. The van der Waals surface area contributed by atoms with Crippen LogP contribution in [0.15, 0.2) is 200 Å². The zero-order valence-corrected chi connectivity index (χ0v) is 37.6. The molecule has 0 aliphatic heterocycles. The van der Waals surface area contributed by atoms with Crippen molar-refractivity contribution in [3.8, 4) is 75.2 Å². The molecule has 0 amide bonds. The van der Waals surface area contributed by atoms with Crippen LogP contribution in [0.4, 0.5) is 0 Å². The molecule has 0 unspecified atom stereocenters. The van der Waals surface area contributed by atoms with E-state index in [4.69, 9.17) is 9.97 Å². The molecule has 9 heteroatoms. The van der Waals surface area contributed by atoms with E-state index in [9.17, 15) is 21.0 Å². The number of rotatable bonds is 6. The first-order chi connectivity index (χ1) is 35.0. The molecule has 0 saturated carbocycles. The molecule has 13 rings (SSSR count). The Morgan fingerprint density at radius 3 is 0.901 bits per heavy atom. The average molecular weight is 904 g/mol. The highest BCUT2D eigenvalue weighted by Gasteiger charge is 2.27. The highest BCUT2D eigenvalue weighted by atomic mass is 15.1. The van der Waals surface area contributed by atoms with Crippen molar-refractivity contribution in [3.63, 3.8) is 0 Å². The summed E-state index contributed by atoms with van der Waals surface area (Å²) < 4.78 is 7.12. The first-order valence-corrected chi connectivity index (χ1v) is 23.0. The Hall–Kier alpha value is -10.6. The summed E-state index contributed by atoms with van der Waals surface area (Å²) in [5.41, 5.74) is 12.7. The Morgan fingerprint density at radius 2 is 0.577 bits per heavy atom. The van der Waals surface area contributed by atoms with E-state index >= 15 is 0 Å². The number of nitrogens with zero attached hydrogens (tertiary/aromatic N) is 9. The molecule has 13 aromatic rings. The van der Waals surface area contributed by atoms with Gasteiger partial charge in [0, 0.05) is 49.0 Å². The summed E-state index contributed by atoms with van der Waals surface area (Å²) in [5, 5.41) is 47.1. The Kier molecular flexibility index (Phi) is 9.19. The van der Waals surface area contributed by atoms with Crippen LogP contribution in [0.25, 0.3) is 116 Å². The van der Waals surface area contributed by atoms with Crippen LogP contribution in [0.5, 0.6) is 0 Å². The van der Waals surface area contributed by atoms with Crippen LogP contribution in [0.3, 0.4) is 0 Å². The Balaban J connectivity index is 1.25. The first-order valence-electron chi connectivity index (χ1n) is 23.0. The van der Waals surface area contributed by atoms with E-state index < -0.39 is 0 Å². The number of benzene rings is 9. The van der Waals surface area contributed by atoms with E-state index in [1.54, 1.807) is 30.3 Å². The summed E-state index contributed by atoms with van der Waals surface area (Å²) in [4.78, 5) is 10.4. The van der Waals surface area contributed by atoms with E-state index in [-0.39, 0.29) is 17.0 Å². The van der Waals surface area contributed by atoms with Crippen molar-refractivity contribution in [1.29, 1.82) is 21.0 Å². The second kappa shape index (κ2) is 16.0. The van der Waals surface area contributed by atoms with E-state index in [1.165, 1.54) is 6.07 Å². The number of para-hydroxylation sites is 6. The van der Waals surface area contributed by atoms with Gasteiger partial charge in [0.15, 0.2) is 5.82 Å². The van der Waals surface area contributed by atoms with Crippen LogP contribution in [0, 0.1) is 45.3 Å². The number of aromatic nitrogens is 5. The lowest BCUT2D eigenvalue weighted by Gasteiger charge is -2.23. The highest BCUT2D eigenvalue weighted by Crippen LogP contribution is 2.45. The molecule has 4 heterocycles. The van der Waals surface area contributed by atoms with Crippen molar-refractivity contribution in [3.05, 3.63) is 222 Å². The molecular weight excluding hydrogens is 871 g/mol. The van der Waals surface area contributed by atoms with Gasteiger partial charge in [-0.05, 0) is 91.0 Å². The maximum atomic E-state index is 10.1. The molecule has 0 fully saturated rings. The first kappa shape index (κ1) is 40.7. The van der Waals surface area contributed by atoms with Gasteiger partial charge in [-0.25, -0.2) is 9.97 Å². The smallest absolute Gasteiger partial charge is 0.160 e. The number of fused-ring (bicyclic) bond motifs is 9. The van der Waals surface area contributed by atoms with E-state index in [1.807, 2.05) is 6.07 Å². The Morgan fingerprint density at radius 1 is 0.296 bits per heavy atom. The fourth-order valence-electron chi connectivity index (χ4n) is 10.5. The second-order valence-corrected chi connectivity index (χ2v) is 17.5. The maximum Gasteiger partial charge on any atom is 0.160 e. The lowest BCUT2D eigenvalue weighted by molar-refractivity contribution is 1.05.